The molecule has 7 heterocycles. The summed E-state index contributed by atoms with van der Waals surface area (Å²) >= 11 is 1.50. The summed E-state index contributed by atoms with van der Waals surface area (Å²) in [5.74, 6) is 1.09. The molecule has 0 aliphatic carbocycles. The Hall–Kier alpha value is -4.21. The number of carbonyl (C=O) groups excluding carboxylic acids is 2. The van der Waals surface area contributed by atoms with Crippen LogP contribution in [0.2, 0.25) is 0 Å². The van der Waals surface area contributed by atoms with Gasteiger partial charge in [-0.1, -0.05) is 6.07 Å². The van der Waals surface area contributed by atoms with Crippen molar-refractivity contribution in [3.63, 3.8) is 0 Å². The lowest BCUT2D eigenvalue weighted by Gasteiger charge is -2.62. The minimum absolute atomic E-state index is 0.0488. The van der Waals surface area contributed by atoms with Crippen LogP contribution in [0.15, 0.2) is 18.2 Å². The number of nitrogens with one attached hydrogen (secondary N) is 1. The summed E-state index contributed by atoms with van der Waals surface area (Å²) in [6.07, 6.45) is 0.0521. The summed E-state index contributed by atoms with van der Waals surface area (Å²) in [4.78, 5) is 31.7. The third-order valence-corrected chi connectivity index (χ3v) is 13.8. The number of hydrogen-bond acceptors (Lipinski definition) is 14. The largest absolute Gasteiger partial charge is 0.508 e. The van der Waals surface area contributed by atoms with Crippen LogP contribution in [0.5, 0.6) is 34.5 Å². The predicted molar refractivity (Wildman–Crippen MR) is 193 cm³/mol. The summed E-state index contributed by atoms with van der Waals surface area (Å²) in [6, 6.07) is 3.49. The van der Waals surface area contributed by atoms with Gasteiger partial charge in [0.05, 0.1) is 30.5 Å². The Morgan fingerprint density at radius 2 is 1.79 bits per heavy atom. The molecule has 7 aliphatic heterocycles. The zero-order chi connectivity index (χ0) is 37.2. The number of piperazine rings is 1. The van der Waals surface area contributed by atoms with Crippen LogP contribution in [0.4, 0.5) is 0 Å². The molecule has 4 bridgehead atoms. The lowest BCUT2D eigenvalue weighted by Crippen LogP contribution is -2.70. The van der Waals surface area contributed by atoms with Crippen LogP contribution in [0.3, 0.4) is 0 Å². The molecule has 2 fully saturated rings. The van der Waals surface area contributed by atoms with E-state index in [1.54, 1.807) is 13.2 Å². The SMILES string of the molecule is COc1c(C)cc2c(c1O)[C@@H]1[C@@H]3[C@@H]4SC[C@]5(NCCc6cc(O)c(C)cc65)C(=O)OC[C@@H](c5c6c(c(C)c(OC(C)=O)c54)OCO6)N3[C@@H](O)[C@H](C2)N1C. The van der Waals surface area contributed by atoms with Gasteiger partial charge in [0.15, 0.2) is 28.5 Å². The summed E-state index contributed by atoms with van der Waals surface area (Å²) in [7, 11) is 3.51. The molecule has 0 amide bonds. The van der Waals surface area contributed by atoms with Crippen LogP contribution >= 0.6 is 11.8 Å². The number of carbonyl (C=O) groups is 2. The molecule has 0 saturated carbocycles. The first-order valence-electron chi connectivity index (χ1n) is 18.0. The first-order valence-corrected chi connectivity index (χ1v) is 19.0. The number of likely N-dealkylation sites (N-methyl/N-ethyl adjacent to an activating group) is 1. The number of aliphatic hydroxyl groups is 1. The number of ether oxygens (including phenoxy) is 5. The monoisotopic (exact) mass is 745 g/mol. The van der Waals surface area contributed by atoms with Gasteiger partial charge < -0.3 is 39.0 Å². The van der Waals surface area contributed by atoms with Crippen LogP contribution in [-0.4, -0.2) is 95.2 Å². The fourth-order valence-electron chi connectivity index (χ4n) is 9.96. The predicted octanol–water partition coefficient (Wildman–Crippen LogP) is 3.71. The first-order chi connectivity index (χ1) is 25.4. The zero-order valence-electron chi connectivity index (χ0n) is 30.4. The summed E-state index contributed by atoms with van der Waals surface area (Å²) in [5.41, 5.74) is 5.34. The number of aromatic hydroxyl groups is 2. The van der Waals surface area contributed by atoms with Crippen molar-refractivity contribution < 1.29 is 48.6 Å². The number of nitrogens with zero attached hydrogens (tertiary/aromatic N) is 2. The highest BCUT2D eigenvalue weighted by molar-refractivity contribution is 7.99. The van der Waals surface area contributed by atoms with E-state index in [1.165, 1.54) is 18.7 Å². The number of phenolic OH excluding ortho intramolecular Hbond substituents is 2. The van der Waals surface area contributed by atoms with Crippen molar-refractivity contribution in [3.05, 3.63) is 68.3 Å². The maximum Gasteiger partial charge on any atom is 0.331 e. The third kappa shape index (κ3) is 4.71. The summed E-state index contributed by atoms with van der Waals surface area (Å²) in [5, 5.41) is 38.2. The maximum atomic E-state index is 14.6. The van der Waals surface area contributed by atoms with E-state index in [0.717, 1.165) is 22.3 Å². The quantitative estimate of drug-likeness (QED) is 0.222. The first kappa shape index (κ1) is 34.6. The highest BCUT2D eigenvalue weighted by atomic mass is 32.2. The Labute approximate surface area is 311 Å². The minimum atomic E-state index is -1.28. The molecule has 0 radical (unpaired) electrons. The number of benzene rings is 3. The van der Waals surface area contributed by atoms with E-state index in [1.807, 2.05) is 44.9 Å². The standard InChI is InChI=1S/C39H43N3O10S/c1-16-10-22-20(12-25(16)44)7-8-40-39(22)14-53-36-28-27(35-34(50-15-51-35)18(3)33(28)52-19(4)43)24(13-49-38(39)47)42-30(36)29-26-21(11-23(37(42)46)41(29)5)9-17(2)32(48-6)31(26)45/h9-10,12,23-24,29-30,36-37,40,44-46H,7-8,11,13-15H2,1-6H3/t23-,24-,29+,30+,36+,37-,39+/m0/s1. The molecule has 10 rings (SSSR count). The van der Waals surface area contributed by atoms with Crippen LogP contribution < -0.4 is 24.3 Å². The molecule has 14 heteroatoms. The molecule has 3 aromatic rings. The molecule has 7 aliphatic rings. The second-order valence-corrected chi connectivity index (χ2v) is 16.2. The van der Waals surface area contributed by atoms with Gasteiger partial charge in [0.1, 0.15) is 24.3 Å². The van der Waals surface area contributed by atoms with Gasteiger partial charge in [-0.15, -0.1) is 11.8 Å². The lowest BCUT2D eigenvalue weighted by atomic mass is 9.73. The summed E-state index contributed by atoms with van der Waals surface area (Å²) < 4.78 is 30.4. The van der Waals surface area contributed by atoms with Crippen LogP contribution in [-0.2, 0) is 32.7 Å². The van der Waals surface area contributed by atoms with E-state index in [4.69, 9.17) is 23.7 Å². The Morgan fingerprint density at radius 1 is 1.02 bits per heavy atom. The van der Waals surface area contributed by atoms with Gasteiger partial charge in [-0.05, 0) is 80.6 Å². The van der Waals surface area contributed by atoms with E-state index in [2.05, 4.69) is 10.2 Å². The van der Waals surface area contributed by atoms with Crippen molar-refractivity contribution in [1.29, 1.82) is 0 Å². The Morgan fingerprint density at radius 3 is 2.55 bits per heavy atom. The Balaban J connectivity index is 1.32. The smallest absolute Gasteiger partial charge is 0.331 e. The van der Waals surface area contributed by atoms with Gasteiger partial charge >= 0.3 is 11.9 Å². The Bertz CT molecular complexity index is 2110. The number of rotatable bonds is 2. The van der Waals surface area contributed by atoms with Gasteiger partial charge in [-0.2, -0.15) is 0 Å². The number of methoxy groups -OCH3 is 1. The minimum Gasteiger partial charge on any atom is -0.508 e. The zero-order valence-corrected chi connectivity index (χ0v) is 31.3. The van der Waals surface area contributed by atoms with E-state index in [9.17, 15) is 24.9 Å². The maximum absolute atomic E-state index is 14.6. The van der Waals surface area contributed by atoms with Crippen molar-refractivity contribution >= 4 is 23.7 Å². The molecule has 2 saturated heterocycles. The molecular weight excluding hydrogens is 703 g/mol. The average molecular weight is 746 g/mol. The van der Waals surface area contributed by atoms with Gasteiger partial charge in [-0.3, -0.25) is 19.9 Å². The molecule has 4 N–H and O–H groups in total. The fourth-order valence-corrected chi connectivity index (χ4v) is 11.7. The molecule has 13 nitrogen and oxygen atoms in total. The average Bonchev–Trinajstić information content (AvgIpc) is 3.61. The molecule has 7 atom stereocenters. The van der Waals surface area contributed by atoms with Crippen molar-refractivity contribution in [2.75, 3.05) is 39.9 Å². The number of phenols is 2. The van der Waals surface area contributed by atoms with Crippen molar-refractivity contribution in [2.45, 2.75) is 81.7 Å². The molecular formula is C39H43N3O10S. The number of fused-ring (bicyclic) bond motifs is 9. The van der Waals surface area contributed by atoms with Crippen molar-refractivity contribution in [2.24, 2.45) is 0 Å². The second-order valence-electron chi connectivity index (χ2n) is 15.0. The van der Waals surface area contributed by atoms with Gasteiger partial charge in [0.2, 0.25) is 6.79 Å². The number of esters is 2. The molecule has 0 unspecified atom stereocenters. The highest BCUT2D eigenvalue weighted by Crippen LogP contribution is 2.64. The number of hydrogen-bond donors (Lipinski definition) is 4. The molecule has 0 aromatic heterocycles. The molecule has 3 aromatic carbocycles. The second kappa shape index (κ2) is 12.2. The molecule has 53 heavy (non-hydrogen) atoms. The van der Waals surface area contributed by atoms with Crippen molar-refractivity contribution in [3.8, 4) is 34.5 Å². The number of thioether (sulfide) groups is 1. The highest BCUT2D eigenvalue weighted by Gasteiger charge is 2.61. The topological polar surface area (TPSA) is 159 Å². The lowest BCUT2D eigenvalue weighted by molar-refractivity contribution is -0.186. The number of aryl methyl sites for hydroxylation is 2. The Kier molecular flexibility index (Phi) is 7.92. The van der Waals surface area contributed by atoms with Gasteiger partial charge in [-0.25, -0.2) is 4.79 Å². The van der Waals surface area contributed by atoms with E-state index >= 15 is 0 Å². The van der Waals surface area contributed by atoms with E-state index in [-0.39, 0.29) is 36.7 Å². The van der Waals surface area contributed by atoms with Crippen LogP contribution in [0, 0.1) is 20.8 Å². The fraction of sp³-hybridized carbons (Fsp3) is 0.487. The number of aliphatic hydroxyl groups excluding tert-OH is 1. The van der Waals surface area contributed by atoms with Crippen molar-refractivity contribution in [1.82, 2.24) is 15.1 Å². The van der Waals surface area contributed by atoms with E-state index < -0.39 is 47.1 Å². The summed E-state index contributed by atoms with van der Waals surface area (Å²) in [6.45, 7) is 7.17. The van der Waals surface area contributed by atoms with Crippen LogP contribution in [0.25, 0.3) is 0 Å². The van der Waals surface area contributed by atoms with Gasteiger partial charge in [0, 0.05) is 47.5 Å². The third-order valence-electron chi connectivity index (χ3n) is 12.3. The normalized spacial score (nSPS) is 29.8. The van der Waals surface area contributed by atoms with E-state index in [0.29, 0.717) is 70.2 Å². The molecule has 1 spiro atoms. The van der Waals surface area contributed by atoms with Crippen LogP contribution in [0.1, 0.15) is 74.3 Å². The molecule has 280 valence electrons. The van der Waals surface area contributed by atoms with Gasteiger partial charge in [0.25, 0.3) is 0 Å².